The lowest BCUT2D eigenvalue weighted by molar-refractivity contribution is 0.545. The molecule has 2 rings (SSSR count). The molecule has 0 aliphatic rings. The Hall–Kier alpha value is -1.30. The number of halogens is 2. The van der Waals surface area contributed by atoms with Gasteiger partial charge >= 0.3 is 0 Å². The fourth-order valence-electron chi connectivity index (χ4n) is 2.10. The molecule has 19 heavy (non-hydrogen) atoms. The number of hydrazine groups is 1. The second-order valence-electron chi connectivity index (χ2n) is 4.43. The third-order valence-corrected chi connectivity index (χ3v) is 3.46. The van der Waals surface area contributed by atoms with Gasteiger partial charge in [0.15, 0.2) is 0 Å². The van der Waals surface area contributed by atoms with E-state index in [9.17, 15) is 4.39 Å². The first-order valence-corrected chi connectivity index (χ1v) is 6.71. The van der Waals surface area contributed by atoms with Gasteiger partial charge in [0.25, 0.3) is 0 Å². The smallest absolute Gasteiger partial charge is 0.124 e. The van der Waals surface area contributed by atoms with Crippen LogP contribution in [0.4, 0.5) is 4.39 Å². The van der Waals surface area contributed by atoms with Gasteiger partial charge in [0.2, 0.25) is 0 Å². The summed E-state index contributed by atoms with van der Waals surface area (Å²) in [6.45, 7) is 1.98. The second-order valence-corrected chi connectivity index (χ2v) is 5.35. The molecule has 0 saturated heterocycles. The number of pyridine rings is 1. The molecular weight excluding hydrogens is 309 g/mol. The number of aromatic nitrogens is 1. The highest BCUT2D eigenvalue weighted by Gasteiger charge is 2.13. The predicted molar refractivity (Wildman–Crippen MR) is 76.8 cm³/mol. The van der Waals surface area contributed by atoms with Crippen LogP contribution in [0, 0.1) is 12.7 Å². The topological polar surface area (TPSA) is 50.9 Å². The van der Waals surface area contributed by atoms with Crippen molar-refractivity contribution >= 4 is 15.9 Å². The van der Waals surface area contributed by atoms with Crippen molar-refractivity contribution in [3.63, 3.8) is 0 Å². The first-order valence-electron chi connectivity index (χ1n) is 5.91. The van der Waals surface area contributed by atoms with Gasteiger partial charge in [0.1, 0.15) is 5.82 Å². The van der Waals surface area contributed by atoms with Crippen LogP contribution >= 0.6 is 15.9 Å². The first kappa shape index (κ1) is 14.1. The molecule has 2 aromatic rings. The van der Waals surface area contributed by atoms with Crippen LogP contribution in [0.15, 0.2) is 41.1 Å². The lowest BCUT2D eigenvalue weighted by atomic mass is 9.97. The molecule has 0 spiro atoms. The fourth-order valence-corrected chi connectivity index (χ4v) is 2.61. The number of rotatable bonds is 4. The summed E-state index contributed by atoms with van der Waals surface area (Å²) in [6.07, 6.45) is 4.13. The van der Waals surface area contributed by atoms with E-state index in [1.54, 1.807) is 12.4 Å². The Morgan fingerprint density at radius 2 is 2.21 bits per heavy atom. The number of nitrogens with one attached hydrogen (secondary N) is 1. The summed E-state index contributed by atoms with van der Waals surface area (Å²) in [7, 11) is 0. The van der Waals surface area contributed by atoms with Crippen molar-refractivity contribution in [1.29, 1.82) is 0 Å². The van der Waals surface area contributed by atoms with E-state index in [-0.39, 0.29) is 11.9 Å². The lowest BCUT2D eigenvalue weighted by Crippen LogP contribution is -2.30. The average molecular weight is 324 g/mol. The third kappa shape index (κ3) is 3.59. The molecule has 1 heterocycles. The van der Waals surface area contributed by atoms with Gasteiger partial charge in [0, 0.05) is 16.9 Å². The van der Waals surface area contributed by atoms with Crippen LogP contribution in [0.3, 0.4) is 0 Å². The van der Waals surface area contributed by atoms with E-state index in [0.717, 1.165) is 21.2 Å². The van der Waals surface area contributed by atoms with Crippen molar-refractivity contribution in [2.45, 2.75) is 19.4 Å². The van der Waals surface area contributed by atoms with E-state index in [4.69, 9.17) is 5.84 Å². The monoisotopic (exact) mass is 323 g/mol. The SMILES string of the molecule is Cc1cnccc1C(Cc1cc(F)cc(Br)c1)NN. The fraction of sp³-hybridized carbons (Fsp3) is 0.214. The molecule has 100 valence electrons. The standard InChI is InChI=1S/C14H15BrFN3/c1-9-8-18-3-2-13(9)14(19-17)6-10-4-11(15)7-12(16)5-10/h2-5,7-8,14,19H,6,17H2,1H3. The van der Waals surface area contributed by atoms with E-state index >= 15 is 0 Å². The Morgan fingerprint density at radius 1 is 1.42 bits per heavy atom. The van der Waals surface area contributed by atoms with Crippen LogP contribution in [0.2, 0.25) is 0 Å². The van der Waals surface area contributed by atoms with Crippen LogP contribution in [0.5, 0.6) is 0 Å². The van der Waals surface area contributed by atoms with Gasteiger partial charge in [0.05, 0.1) is 6.04 Å². The molecular formula is C14H15BrFN3. The maximum Gasteiger partial charge on any atom is 0.124 e. The summed E-state index contributed by atoms with van der Waals surface area (Å²) in [5.74, 6) is 5.36. The molecule has 0 radical (unpaired) electrons. The zero-order valence-corrected chi connectivity index (χ0v) is 12.1. The Labute approximate surface area is 120 Å². The van der Waals surface area contributed by atoms with Crippen molar-refractivity contribution in [2.24, 2.45) is 5.84 Å². The minimum atomic E-state index is -0.258. The van der Waals surface area contributed by atoms with Crippen LogP contribution in [-0.2, 0) is 6.42 Å². The van der Waals surface area contributed by atoms with Crippen LogP contribution in [-0.4, -0.2) is 4.98 Å². The molecule has 0 aliphatic carbocycles. The number of aryl methyl sites for hydroxylation is 1. The Morgan fingerprint density at radius 3 is 2.84 bits per heavy atom. The summed E-state index contributed by atoms with van der Waals surface area (Å²) in [5, 5.41) is 0. The Bertz CT molecular complexity index is 554. The van der Waals surface area contributed by atoms with Crippen molar-refractivity contribution < 1.29 is 4.39 Å². The molecule has 1 unspecified atom stereocenters. The quantitative estimate of drug-likeness (QED) is 0.671. The maximum absolute atomic E-state index is 13.4. The molecule has 0 bridgehead atoms. The lowest BCUT2D eigenvalue weighted by Gasteiger charge is -2.18. The minimum Gasteiger partial charge on any atom is -0.271 e. The van der Waals surface area contributed by atoms with E-state index in [0.29, 0.717) is 6.42 Å². The molecule has 0 fully saturated rings. The van der Waals surface area contributed by atoms with Crippen molar-refractivity contribution in [1.82, 2.24) is 10.4 Å². The van der Waals surface area contributed by atoms with Crippen molar-refractivity contribution in [3.05, 3.63) is 63.6 Å². The molecule has 1 aromatic carbocycles. The van der Waals surface area contributed by atoms with Gasteiger partial charge in [-0.1, -0.05) is 15.9 Å². The first-order chi connectivity index (χ1) is 9.10. The number of hydrogen-bond acceptors (Lipinski definition) is 3. The molecule has 3 nitrogen and oxygen atoms in total. The van der Waals surface area contributed by atoms with Crippen molar-refractivity contribution in [3.8, 4) is 0 Å². The van der Waals surface area contributed by atoms with Gasteiger partial charge in [-0.25, -0.2) is 4.39 Å². The molecule has 3 N–H and O–H groups in total. The molecule has 1 atom stereocenters. The number of hydrogen-bond donors (Lipinski definition) is 2. The summed E-state index contributed by atoms with van der Waals surface area (Å²) < 4.78 is 14.1. The molecule has 1 aromatic heterocycles. The van der Waals surface area contributed by atoms with Crippen LogP contribution in [0.25, 0.3) is 0 Å². The van der Waals surface area contributed by atoms with Gasteiger partial charge < -0.3 is 0 Å². The zero-order valence-electron chi connectivity index (χ0n) is 10.5. The summed E-state index contributed by atoms with van der Waals surface area (Å²) in [6, 6.07) is 6.70. The van der Waals surface area contributed by atoms with E-state index in [2.05, 4.69) is 26.3 Å². The maximum atomic E-state index is 13.4. The van der Waals surface area contributed by atoms with E-state index in [1.165, 1.54) is 12.1 Å². The predicted octanol–water partition coefficient (Wildman–Crippen LogP) is 3.04. The molecule has 5 heteroatoms. The Balaban J connectivity index is 2.26. The molecule has 0 saturated carbocycles. The number of nitrogens with zero attached hydrogens (tertiary/aromatic N) is 1. The summed E-state index contributed by atoms with van der Waals surface area (Å²) in [5.41, 5.74) is 5.79. The summed E-state index contributed by atoms with van der Waals surface area (Å²) in [4.78, 5) is 4.06. The van der Waals surface area contributed by atoms with Gasteiger partial charge in [-0.05, 0) is 54.3 Å². The Kier molecular flexibility index (Phi) is 4.63. The minimum absolute atomic E-state index is 0.0725. The number of nitrogens with two attached hydrogens (primary N) is 1. The highest BCUT2D eigenvalue weighted by atomic mass is 79.9. The highest BCUT2D eigenvalue weighted by molar-refractivity contribution is 9.10. The molecule has 0 aliphatic heterocycles. The summed E-state index contributed by atoms with van der Waals surface area (Å²) >= 11 is 3.29. The van der Waals surface area contributed by atoms with Crippen molar-refractivity contribution in [2.75, 3.05) is 0 Å². The van der Waals surface area contributed by atoms with E-state index in [1.807, 2.05) is 19.1 Å². The largest absolute Gasteiger partial charge is 0.271 e. The van der Waals surface area contributed by atoms with Crippen LogP contribution < -0.4 is 11.3 Å². The molecule has 0 amide bonds. The highest BCUT2D eigenvalue weighted by Crippen LogP contribution is 2.23. The number of benzene rings is 1. The van der Waals surface area contributed by atoms with Gasteiger partial charge in [-0.15, -0.1) is 0 Å². The third-order valence-electron chi connectivity index (χ3n) is 3.00. The van der Waals surface area contributed by atoms with E-state index < -0.39 is 0 Å². The van der Waals surface area contributed by atoms with Gasteiger partial charge in [-0.3, -0.25) is 16.3 Å². The van der Waals surface area contributed by atoms with Gasteiger partial charge in [-0.2, -0.15) is 0 Å². The van der Waals surface area contributed by atoms with Crippen LogP contribution in [0.1, 0.15) is 22.7 Å². The normalized spacial score (nSPS) is 12.4. The average Bonchev–Trinajstić information content (AvgIpc) is 2.36. The second kappa shape index (κ2) is 6.23. The zero-order chi connectivity index (χ0) is 13.8.